The van der Waals surface area contributed by atoms with Crippen molar-refractivity contribution < 1.29 is 14.4 Å². The minimum Gasteiger partial charge on any atom is -0.352 e. The van der Waals surface area contributed by atoms with Gasteiger partial charge in [-0.3, -0.25) is 14.4 Å². The number of nitrogens with one attached hydrogen (secondary N) is 2. The molecule has 0 aromatic heterocycles. The van der Waals surface area contributed by atoms with Crippen LogP contribution in [0.25, 0.3) is 0 Å². The number of nitrogens with zero attached hydrogens (tertiary/aromatic N) is 1. The van der Waals surface area contributed by atoms with Crippen LogP contribution in [0.4, 0.5) is 5.69 Å². The van der Waals surface area contributed by atoms with E-state index in [4.69, 9.17) is 0 Å². The SMILES string of the molecule is CC(=O)N1CCc2cc(C(=O)NCC(=O)NC(C)C)ccc21. The molecule has 2 rings (SSSR count). The summed E-state index contributed by atoms with van der Waals surface area (Å²) < 4.78 is 0. The Balaban J connectivity index is 2.00. The van der Waals surface area contributed by atoms with Gasteiger partial charge in [-0.1, -0.05) is 0 Å². The molecule has 1 aliphatic rings. The third-order valence-electron chi connectivity index (χ3n) is 3.48. The van der Waals surface area contributed by atoms with Crippen LogP contribution in [0.15, 0.2) is 18.2 Å². The van der Waals surface area contributed by atoms with Crippen molar-refractivity contribution in [1.29, 1.82) is 0 Å². The number of fused-ring (bicyclic) bond motifs is 1. The molecule has 2 N–H and O–H groups in total. The highest BCUT2D eigenvalue weighted by Gasteiger charge is 2.23. The molecule has 22 heavy (non-hydrogen) atoms. The third kappa shape index (κ3) is 3.63. The highest BCUT2D eigenvalue weighted by Crippen LogP contribution is 2.28. The van der Waals surface area contributed by atoms with Gasteiger partial charge in [0.1, 0.15) is 0 Å². The molecule has 1 aromatic rings. The fourth-order valence-electron chi connectivity index (χ4n) is 2.51. The molecule has 118 valence electrons. The fraction of sp³-hybridized carbons (Fsp3) is 0.438. The zero-order valence-electron chi connectivity index (χ0n) is 13.1. The summed E-state index contributed by atoms with van der Waals surface area (Å²) >= 11 is 0. The smallest absolute Gasteiger partial charge is 0.251 e. The minimum atomic E-state index is -0.289. The summed E-state index contributed by atoms with van der Waals surface area (Å²) in [6.45, 7) is 5.85. The Labute approximate surface area is 129 Å². The molecule has 0 bridgehead atoms. The van der Waals surface area contributed by atoms with Crippen LogP contribution in [0, 0.1) is 0 Å². The van der Waals surface area contributed by atoms with Crippen LogP contribution >= 0.6 is 0 Å². The second-order valence-electron chi connectivity index (χ2n) is 5.67. The lowest BCUT2D eigenvalue weighted by Gasteiger charge is -2.15. The minimum absolute atomic E-state index is 0.00121. The quantitative estimate of drug-likeness (QED) is 0.865. The first-order valence-corrected chi connectivity index (χ1v) is 7.37. The summed E-state index contributed by atoms with van der Waals surface area (Å²) in [7, 11) is 0. The predicted octanol–water partition coefficient (Wildman–Crippen LogP) is 0.850. The van der Waals surface area contributed by atoms with Gasteiger partial charge in [0, 0.05) is 30.8 Å². The lowest BCUT2D eigenvalue weighted by atomic mass is 10.1. The van der Waals surface area contributed by atoms with Crippen molar-refractivity contribution in [2.75, 3.05) is 18.0 Å². The average Bonchev–Trinajstić information content (AvgIpc) is 2.87. The number of hydrogen-bond acceptors (Lipinski definition) is 3. The molecular weight excluding hydrogens is 282 g/mol. The van der Waals surface area contributed by atoms with Gasteiger partial charge in [-0.2, -0.15) is 0 Å². The fourth-order valence-corrected chi connectivity index (χ4v) is 2.51. The number of carbonyl (C=O) groups excluding carboxylic acids is 3. The van der Waals surface area contributed by atoms with Crippen LogP contribution in [0.5, 0.6) is 0 Å². The van der Waals surface area contributed by atoms with Gasteiger partial charge < -0.3 is 15.5 Å². The second-order valence-corrected chi connectivity index (χ2v) is 5.67. The molecule has 0 saturated heterocycles. The van der Waals surface area contributed by atoms with Crippen molar-refractivity contribution in [3.63, 3.8) is 0 Å². The van der Waals surface area contributed by atoms with Gasteiger partial charge in [-0.25, -0.2) is 0 Å². The van der Waals surface area contributed by atoms with Crippen molar-refractivity contribution in [1.82, 2.24) is 10.6 Å². The van der Waals surface area contributed by atoms with Gasteiger partial charge in [0.05, 0.1) is 6.54 Å². The standard InChI is InChI=1S/C16H21N3O3/c1-10(2)18-15(21)9-17-16(22)13-4-5-14-12(8-13)6-7-19(14)11(3)20/h4-5,8,10H,6-7,9H2,1-3H3,(H,17,22)(H,18,21). The number of benzene rings is 1. The topological polar surface area (TPSA) is 78.5 Å². The van der Waals surface area contributed by atoms with E-state index in [1.807, 2.05) is 13.8 Å². The maximum Gasteiger partial charge on any atom is 0.251 e. The van der Waals surface area contributed by atoms with Gasteiger partial charge in [0.2, 0.25) is 11.8 Å². The summed E-state index contributed by atoms with van der Waals surface area (Å²) in [5, 5.41) is 5.31. The van der Waals surface area contributed by atoms with Crippen LogP contribution in [0.3, 0.4) is 0 Å². The van der Waals surface area contributed by atoms with Crippen molar-refractivity contribution >= 4 is 23.4 Å². The van der Waals surface area contributed by atoms with Gasteiger partial charge in [-0.15, -0.1) is 0 Å². The summed E-state index contributed by atoms with van der Waals surface area (Å²) in [4.78, 5) is 36.8. The molecule has 0 fully saturated rings. The molecule has 0 unspecified atom stereocenters. The molecule has 6 heteroatoms. The molecule has 1 aromatic carbocycles. The van der Waals surface area contributed by atoms with Crippen LogP contribution < -0.4 is 15.5 Å². The molecule has 0 saturated carbocycles. The molecule has 3 amide bonds. The number of anilines is 1. The molecule has 6 nitrogen and oxygen atoms in total. The van der Waals surface area contributed by atoms with E-state index in [-0.39, 0.29) is 30.3 Å². The third-order valence-corrected chi connectivity index (χ3v) is 3.48. The summed E-state index contributed by atoms with van der Waals surface area (Å²) in [6, 6.07) is 5.29. The van der Waals surface area contributed by atoms with E-state index in [1.54, 1.807) is 23.1 Å². The second kappa shape index (κ2) is 6.60. The van der Waals surface area contributed by atoms with Crippen molar-refractivity contribution in [3.8, 4) is 0 Å². The Morgan fingerprint density at radius 3 is 2.64 bits per heavy atom. The Morgan fingerprint density at radius 1 is 1.27 bits per heavy atom. The van der Waals surface area contributed by atoms with Gasteiger partial charge in [-0.05, 0) is 44.0 Å². The Morgan fingerprint density at radius 2 is 2.00 bits per heavy atom. The van der Waals surface area contributed by atoms with Crippen LogP contribution in [0.2, 0.25) is 0 Å². The van der Waals surface area contributed by atoms with E-state index in [2.05, 4.69) is 10.6 Å². The van der Waals surface area contributed by atoms with Gasteiger partial charge in [0.25, 0.3) is 5.91 Å². The molecule has 0 aliphatic carbocycles. The first-order valence-electron chi connectivity index (χ1n) is 7.37. The van der Waals surface area contributed by atoms with Crippen LogP contribution in [-0.4, -0.2) is 36.9 Å². The molecule has 0 radical (unpaired) electrons. The van der Waals surface area contributed by atoms with Crippen molar-refractivity contribution in [2.24, 2.45) is 0 Å². The number of hydrogen-bond donors (Lipinski definition) is 2. The highest BCUT2D eigenvalue weighted by atomic mass is 16.2. The first-order chi connectivity index (χ1) is 10.4. The van der Waals surface area contributed by atoms with Crippen molar-refractivity contribution in [3.05, 3.63) is 29.3 Å². The Kier molecular flexibility index (Phi) is 4.80. The Hall–Kier alpha value is -2.37. The largest absolute Gasteiger partial charge is 0.352 e. The maximum atomic E-state index is 12.1. The zero-order valence-corrected chi connectivity index (χ0v) is 13.1. The van der Waals surface area contributed by atoms with E-state index in [0.29, 0.717) is 12.1 Å². The van der Waals surface area contributed by atoms with Gasteiger partial charge >= 0.3 is 0 Å². The van der Waals surface area contributed by atoms with Crippen LogP contribution in [0.1, 0.15) is 36.7 Å². The maximum absolute atomic E-state index is 12.1. The van der Waals surface area contributed by atoms with Gasteiger partial charge in [0.15, 0.2) is 0 Å². The van der Waals surface area contributed by atoms with E-state index in [1.165, 1.54) is 6.92 Å². The van der Waals surface area contributed by atoms with E-state index in [0.717, 1.165) is 17.7 Å². The number of amides is 3. The van der Waals surface area contributed by atoms with E-state index in [9.17, 15) is 14.4 Å². The number of carbonyl (C=O) groups is 3. The predicted molar refractivity (Wildman–Crippen MR) is 83.8 cm³/mol. The lowest BCUT2D eigenvalue weighted by molar-refractivity contribution is -0.120. The lowest BCUT2D eigenvalue weighted by Crippen LogP contribution is -2.39. The number of rotatable bonds is 4. The normalized spacial score (nSPS) is 13.0. The summed E-state index contributed by atoms with van der Waals surface area (Å²) in [6.07, 6.45) is 0.740. The van der Waals surface area contributed by atoms with Crippen LogP contribution in [-0.2, 0) is 16.0 Å². The summed E-state index contributed by atoms with van der Waals surface area (Å²) in [5.41, 5.74) is 2.34. The van der Waals surface area contributed by atoms with Crippen molar-refractivity contribution in [2.45, 2.75) is 33.2 Å². The average molecular weight is 303 g/mol. The molecule has 0 spiro atoms. The molecule has 0 atom stereocenters. The molecular formula is C16H21N3O3. The summed E-state index contributed by atoms with van der Waals surface area (Å²) in [5.74, 6) is -0.503. The Bertz CT molecular complexity index is 611. The molecule has 1 heterocycles. The highest BCUT2D eigenvalue weighted by molar-refractivity contribution is 5.99. The van der Waals surface area contributed by atoms with E-state index >= 15 is 0 Å². The zero-order chi connectivity index (χ0) is 16.3. The first kappa shape index (κ1) is 16.0. The monoisotopic (exact) mass is 303 g/mol. The van der Waals surface area contributed by atoms with E-state index < -0.39 is 0 Å². The molecule has 1 aliphatic heterocycles.